The fourth-order valence-corrected chi connectivity index (χ4v) is 3.96. The van der Waals surface area contributed by atoms with E-state index in [0.717, 1.165) is 44.8 Å². The lowest BCUT2D eigenvalue weighted by Crippen LogP contribution is -2.57. The summed E-state index contributed by atoms with van der Waals surface area (Å²) in [6, 6.07) is 12.8. The lowest BCUT2D eigenvalue weighted by atomic mass is 9.87. The van der Waals surface area contributed by atoms with Crippen molar-refractivity contribution in [2.75, 3.05) is 45.9 Å². The fraction of sp³-hybridized carbons (Fsp3) is 0.400. The third-order valence-electron chi connectivity index (χ3n) is 5.86. The van der Waals surface area contributed by atoms with Crippen LogP contribution in [-0.4, -0.2) is 72.5 Å². The van der Waals surface area contributed by atoms with E-state index in [-0.39, 0.29) is 11.8 Å². The number of hydrogen-bond acceptors (Lipinski definition) is 5. The van der Waals surface area contributed by atoms with E-state index in [2.05, 4.69) is 21.8 Å². The molecular weight excluding hydrogens is 404 g/mol. The zero-order valence-electron chi connectivity index (χ0n) is 18.7. The van der Waals surface area contributed by atoms with Gasteiger partial charge in [-0.2, -0.15) is 0 Å². The predicted molar refractivity (Wildman–Crippen MR) is 124 cm³/mol. The molecule has 0 radical (unpaired) electrons. The zero-order valence-corrected chi connectivity index (χ0v) is 18.7. The van der Waals surface area contributed by atoms with Crippen molar-refractivity contribution in [1.82, 2.24) is 20.1 Å². The molecule has 1 aromatic heterocycles. The minimum Gasteiger partial charge on any atom is -0.379 e. The van der Waals surface area contributed by atoms with Gasteiger partial charge in [-0.3, -0.25) is 19.5 Å². The van der Waals surface area contributed by atoms with Crippen molar-refractivity contribution in [3.8, 4) is 0 Å². The van der Waals surface area contributed by atoms with Crippen molar-refractivity contribution in [3.05, 3.63) is 78.6 Å². The van der Waals surface area contributed by atoms with Crippen LogP contribution >= 0.6 is 0 Å². The molecule has 2 amide bonds. The van der Waals surface area contributed by atoms with Gasteiger partial charge in [-0.05, 0) is 31.0 Å². The molecule has 1 atom stereocenters. The first-order valence-corrected chi connectivity index (χ1v) is 11.0. The summed E-state index contributed by atoms with van der Waals surface area (Å²) in [6.07, 6.45) is 5.57. The molecule has 2 aromatic rings. The van der Waals surface area contributed by atoms with Crippen LogP contribution in [0.4, 0.5) is 0 Å². The molecule has 0 spiro atoms. The summed E-state index contributed by atoms with van der Waals surface area (Å²) in [7, 11) is 0. The molecule has 170 valence electrons. The molecule has 0 bridgehead atoms. The van der Waals surface area contributed by atoms with E-state index in [1.807, 2.05) is 37.3 Å². The van der Waals surface area contributed by atoms with E-state index < -0.39 is 5.54 Å². The molecule has 1 aromatic carbocycles. The molecule has 2 heterocycles. The van der Waals surface area contributed by atoms with Gasteiger partial charge in [0.15, 0.2) is 0 Å². The number of benzene rings is 1. The second-order valence-corrected chi connectivity index (χ2v) is 7.94. The quantitative estimate of drug-likeness (QED) is 0.579. The number of rotatable bonds is 10. The first-order chi connectivity index (χ1) is 15.6. The second kappa shape index (κ2) is 11.5. The number of pyridine rings is 1. The SMILES string of the molecule is C=CCNC(=O)C(C)(c1ccccc1)N(CCCN1CCOCC1)C(=O)c1ccncc1. The van der Waals surface area contributed by atoms with E-state index >= 15 is 0 Å². The number of amides is 2. The highest BCUT2D eigenvalue weighted by Crippen LogP contribution is 2.31. The normalized spacial score (nSPS) is 16.0. The van der Waals surface area contributed by atoms with Gasteiger partial charge in [-0.25, -0.2) is 0 Å². The van der Waals surface area contributed by atoms with Gasteiger partial charge in [0, 0.05) is 50.7 Å². The summed E-state index contributed by atoms with van der Waals surface area (Å²) in [5, 5.41) is 2.91. The third kappa shape index (κ3) is 5.60. The topological polar surface area (TPSA) is 74.8 Å². The summed E-state index contributed by atoms with van der Waals surface area (Å²) >= 11 is 0. The molecule has 1 saturated heterocycles. The number of nitrogens with zero attached hydrogens (tertiary/aromatic N) is 3. The maximum Gasteiger partial charge on any atom is 0.255 e. The predicted octanol–water partition coefficient (Wildman–Crippen LogP) is 2.46. The lowest BCUT2D eigenvalue weighted by molar-refractivity contribution is -0.131. The van der Waals surface area contributed by atoms with Crippen molar-refractivity contribution in [3.63, 3.8) is 0 Å². The molecule has 1 aliphatic rings. The van der Waals surface area contributed by atoms with Gasteiger partial charge < -0.3 is 15.0 Å². The Balaban J connectivity index is 1.93. The Kier molecular flexibility index (Phi) is 8.53. The van der Waals surface area contributed by atoms with Gasteiger partial charge in [-0.15, -0.1) is 6.58 Å². The summed E-state index contributed by atoms with van der Waals surface area (Å²) in [5.41, 5.74) is 0.0794. The van der Waals surface area contributed by atoms with Crippen LogP contribution in [0.3, 0.4) is 0 Å². The fourth-order valence-electron chi connectivity index (χ4n) is 3.96. The van der Waals surface area contributed by atoms with Crippen LogP contribution in [0.2, 0.25) is 0 Å². The first-order valence-electron chi connectivity index (χ1n) is 11.0. The van der Waals surface area contributed by atoms with Crippen LogP contribution in [0.1, 0.15) is 29.3 Å². The molecule has 1 fully saturated rings. The Hall–Kier alpha value is -3.03. The van der Waals surface area contributed by atoms with Crippen molar-refractivity contribution in [2.24, 2.45) is 0 Å². The average molecular weight is 437 g/mol. The molecule has 0 saturated carbocycles. The molecule has 32 heavy (non-hydrogen) atoms. The van der Waals surface area contributed by atoms with Crippen LogP contribution in [0.5, 0.6) is 0 Å². The number of hydrogen-bond donors (Lipinski definition) is 1. The van der Waals surface area contributed by atoms with Gasteiger partial charge >= 0.3 is 0 Å². The van der Waals surface area contributed by atoms with Gasteiger partial charge in [0.2, 0.25) is 0 Å². The van der Waals surface area contributed by atoms with E-state index in [1.165, 1.54) is 0 Å². The highest BCUT2D eigenvalue weighted by molar-refractivity contribution is 5.99. The van der Waals surface area contributed by atoms with Crippen LogP contribution < -0.4 is 5.32 Å². The van der Waals surface area contributed by atoms with Gasteiger partial charge in [0.25, 0.3) is 11.8 Å². The zero-order chi connectivity index (χ0) is 22.8. The molecule has 7 nitrogen and oxygen atoms in total. The minimum absolute atomic E-state index is 0.200. The lowest BCUT2D eigenvalue weighted by Gasteiger charge is -2.41. The largest absolute Gasteiger partial charge is 0.379 e. The van der Waals surface area contributed by atoms with E-state index in [4.69, 9.17) is 4.74 Å². The Morgan fingerprint density at radius 3 is 2.53 bits per heavy atom. The highest BCUT2D eigenvalue weighted by Gasteiger charge is 2.43. The Labute approximate surface area is 190 Å². The number of nitrogens with one attached hydrogen (secondary N) is 1. The van der Waals surface area contributed by atoms with E-state index in [9.17, 15) is 9.59 Å². The average Bonchev–Trinajstić information content (AvgIpc) is 2.86. The van der Waals surface area contributed by atoms with E-state index in [0.29, 0.717) is 18.7 Å². The van der Waals surface area contributed by atoms with Crippen LogP contribution in [-0.2, 0) is 15.1 Å². The molecule has 3 rings (SSSR count). The maximum atomic E-state index is 13.7. The molecule has 1 N–H and O–H groups in total. The Bertz CT molecular complexity index is 885. The molecule has 1 unspecified atom stereocenters. The molecule has 7 heteroatoms. The van der Waals surface area contributed by atoms with Gasteiger partial charge in [0.1, 0.15) is 5.54 Å². The number of carbonyl (C=O) groups is 2. The van der Waals surface area contributed by atoms with Crippen LogP contribution in [0, 0.1) is 0 Å². The standard InChI is InChI=1S/C25H32N4O3/c1-3-12-27-24(31)25(2,22-8-5-4-6-9-22)29(23(30)21-10-13-26-14-11-21)16-7-15-28-17-19-32-20-18-28/h3-6,8-11,13-14H,1,7,12,15-20H2,2H3,(H,27,31). The number of ether oxygens (including phenoxy) is 1. The molecule has 0 aliphatic carbocycles. The highest BCUT2D eigenvalue weighted by atomic mass is 16.5. The van der Waals surface area contributed by atoms with Crippen molar-refractivity contribution in [1.29, 1.82) is 0 Å². The van der Waals surface area contributed by atoms with Crippen molar-refractivity contribution in [2.45, 2.75) is 18.9 Å². The minimum atomic E-state index is -1.18. The maximum absolute atomic E-state index is 13.7. The van der Waals surface area contributed by atoms with Crippen molar-refractivity contribution >= 4 is 11.8 Å². The summed E-state index contributed by atoms with van der Waals surface area (Å²) in [4.78, 5) is 35.2. The summed E-state index contributed by atoms with van der Waals surface area (Å²) in [5.74, 6) is -0.438. The van der Waals surface area contributed by atoms with Gasteiger partial charge in [0.05, 0.1) is 13.2 Å². The number of carbonyl (C=O) groups excluding carboxylic acids is 2. The molecular formula is C25H32N4O3. The number of aromatic nitrogens is 1. The second-order valence-electron chi connectivity index (χ2n) is 7.94. The van der Waals surface area contributed by atoms with E-state index in [1.54, 1.807) is 35.5 Å². The Morgan fingerprint density at radius 1 is 1.19 bits per heavy atom. The van der Waals surface area contributed by atoms with Crippen molar-refractivity contribution < 1.29 is 14.3 Å². The summed E-state index contributed by atoms with van der Waals surface area (Å²) in [6.45, 7) is 10.3. The number of morpholine rings is 1. The van der Waals surface area contributed by atoms with Gasteiger partial charge in [-0.1, -0.05) is 36.4 Å². The Morgan fingerprint density at radius 2 is 1.88 bits per heavy atom. The molecule has 1 aliphatic heterocycles. The van der Waals surface area contributed by atoms with Crippen LogP contribution in [0.15, 0.2) is 67.5 Å². The third-order valence-corrected chi connectivity index (χ3v) is 5.86. The monoisotopic (exact) mass is 436 g/mol. The smallest absolute Gasteiger partial charge is 0.255 e. The first kappa shape index (κ1) is 23.6. The van der Waals surface area contributed by atoms with Crippen LogP contribution in [0.25, 0.3) is 0 Å². The summed E-state index contributed by atoms with van der Waals surface area (Å²) < 4.78 is 5.43.